The molecule has 1 N–H and O–H groups in total. The molecule has 1 aromatic carbocycles. The summed E-state index contributed by atoms with van der Waals surface area (Å²) in [5.74, 6) is -0.678. The molecule has 7 heteroatoms. The minimum Gasteiger partial charge on any atom is -0.340 e. The summed E-state index contributed by atoms with van der Waals surface area (Å²) >= 11 is 0. The van der Waals surface area contributed by atoms with Crippen LogP contribution >= 0.6 is 0 Å². The van der Waals surface area contributed by atoms with E-state index in [1.165, 1.54) is 4.90 Å². The number of pyridine rings is 1. The zero-order valence-electron chi connectivity index (χ0n) is 12.7. The van der Waals surface area contributed by atoms with Crippen LogP contribution in [0.5, 0.6) is 0 Å². The Balaban J connectivity index is 1.73. The number of hydrogen-bond donors (Lipinski definition) is 1. The first-order valence-electron chi connectivity index (χ1n) is 7.21. The van der Waals surface area contributed by atoms with E-state index in [-0.39, 0.29) is 24.9 Å². The minimum absolute atomic E-state index is 0.0508. The monoisotopic (exact) mass is 312 g/mol. The van der Waals surface area contributed by atoms with E-state index in [9.17, 15) is 14.4 Å². The van der Waals surface area contributed by atoms with E-state index < -0.39 is 6.03 Å². The molecule has 1 aliphatic heterocycles. The quantitative estimate of drug-likeness (QED) is 0.844. The normalized spacial score (nSPS) is 14.2. The van der Waals surface area contributed by atoms with Crippen LogP contribution in [0.25, 0.3) is 10.9 Å². The molecule has 0 saturated carbocycles. The van der Waals surface area contributed by atoms with E-state index >= 15 is 0 Å². The summed E-state index contributed by atoms with van der Waals surface area (Å²) in [6.07, 6.45) is 1.72. The largest absolute Gasteiger partial charge is 0.340 e. The predicted octanol–water partition coefficient (Wildman–Crippen LogP) is 0.745. The first-order chi connectivity index (χ1) is 11.1. The summed E-state index contributed by atoms with van der Waals surface area (Å²) in [6.45, 7) is 0.0838. The number of urea groups is 1. The van der Waals surface area contributed by atoms with Crippen molar-refractivity contribution in [2.24, 2.45) is 0 Å². The number of aromatic nitrogens is 1. The molecule has 0 unspecified atom stereocenters. The van der Waals surface area contributed by atoms with Crippen LogP contribution in [-0.4, -0.2) is 52.8 Å². The summed E-state index contributed by atoms with van der Waals surface area (Å²) < 4.78 is 0. The summed E-state index contributed by atoms with van der Waals surface area (Å²) in [7, 11) is 1.65. The Labute approximate surface area is 132 Å². The number of benzene rings is 1. The Morgan fingerprint density at radius 2 is 2.13 bits per heavy atom. The molecule has 0 aliphatic carbocycles. The van der Waals surface area contributed by atoms with E-state index in [4.69, 9.17) is 0 Å². The number of carbonyl (C=O) groups excluding carboxylic acids is 3. The molecule has 2 heterocycles. The van der Waals surface area contributed by atoms with Crippen LogP contribution in [-0.2, 0) is 16.1 Å². The summed E-state index contributed by atoms with van der Waals surface area (Å²) in [4.78, 5) is 42.0. The fourth-order valence-corrected chi connectivity index (χ4v) is 2.52. The Morgan fingerprint density at radius 3 is 2.87 bits per heavy atom. The molecule has 7 nitrogen and oxygen atoms in total. The number of fused-ring (bicyclic) bond motifs is 1. The number of nitrogens with one attached hydrogen (secondary N) is 1. The van der Waals surface area contributed by atoms with Gasteiger partial charge in [-0.3, -0.25) is 19.5 Å². The average Bonchev–Trinajstić information content (AvgIpc) is 2.87. The molecule has 3 rings (SSSR count). The third kappa shape index (κ3) is 2.98. The molecule has 2 aromatic rings. The van der Waals surface area contributed by atoms with Gasteiger partial charge in [-0.1, -0.05) is 18.2 Å². The number of hydrogen-bond acceptors (Lipinski definition) is 4. The van der Waals surface area contributed by atoms with Crippen molar-refractivity contribution in [1.82, 2.24) is 20.1 Å². The summed E-state index contributed by atoms with van der Waals surface area (Å²) in [5, 5.41) is 3.37. The highest BCUT2D eigenvalue weighted by atomic mass is 16.2. The first kappa shape index (κ1) is 15.0. The molecular weight excluding hydrogens is 296 g/mol. The Kier molecular flexibility index (Phi) is 3.92. The second-order valence-corrected chi connectivity index (χ2v) is 5.38. The van der Waals surface area contributed by atoms with Crippen LogP contribution in [0.4, 0.5) is 4.79 Å². The SMILES string of the molecule is CN(Cc1cccc2ncccc12)C(=O)CN1C(=O)CNC1=O. The van der Waals surface area contributed by atoms with Gasteiger partial charge in [0.25, 0.3) is 5.91 Å². The second kappa shape index (κ2) is 6.04. The van der Waals surface area contributed by atoms with Crippen molar-refractivity contribution in [3.63, 3.8) is 0 Å². The van der Waals surface area contributed by atoms with Gasteiger partial charge < -0.3 is 10.2 Å². The average molecular weight is 312 g/mol. The zero-order valence-corrected chi connectivity index (χ0v) is 12.7. The lowest BCUT2D eigenvalue weighted by molar-refractivity contribution is -0.135. The third-order valence-corrected chi connectivity index (χ3v) is 3.80. The molecule has 1 aliphatic rings. The molecular formula is C16H16N4O3. The highest BCUT2D eigenvalue weighted by Gasteiger charge is 2.31. The molecule has 0 atom stereocenters. The van der Waals surface area contributed by atoms with Crippen molar-refractivity contribution < 1.29 is 14.4 Å². The third-order valence-electron chi connectivity index (χ3n) is 3.80. The molecule has 0 bridgehead atoms. The van der Waals surface area contributed by atoms with Gasteiger partial charge in [-0.15, -0.1) is 0 Å². The maximum absolute atomic E-state index is 12.3. The Bertz CT molecular complexity index is 768. The number of rotatable bonds is 4. The molecule has 118 valence electrons. The van der Waals surface area contributed by atoms with Crippen LogP contribution in [0.15, 0.2) is 36.5 Å². The van der Waals surface area contributed by atoms with Crippen molar-refractivity contribution in [2.45, 2.75) is 6.54 Å². The maximum Gasteiger partial charge on any atom is 0.325 e. The number of carbonyl (C=O) groups is 3. The second-order valence-electron chi connectivity index (χ2n) is 5.38. The van der Waals surface area contributed by atoms with Crippen molar-refractivity contribution in [3.05, 3.63) is 42.1 Å². The van der Waals surface area contributed by atoms with Gasteiger partial charge >= 0.3 is 6.03 Å². The topological polar surface area (TPSA) is 82.6 Å². The van der Waals surface area contributed by atoms with Crippen molar-refractivity contribution in [3.8, 4) is 0 Å². The Hall–Kier alpha value is -2.96. The minimum atomic E-state index is -0.522. The summed E-state index contributed by atoms with van der Waals surface area (Å²) in [5.41, 5.74) is 1.82. The molecule has 0 spiro atoms. The van der Waals surface area contributed by atoms with Crippen molar-refractivity contribution >= 4 is 28.7 Å². The first-order valence-corrected chi connectivity index (χ1v) is 7.21. The lowest BCUT2D eigenvalue weighted by Gasteiger charge is -2.20. The number of likely N-dealkylation sites (N-methyl/N-ethyl adjacent to an activating group) is 1. The number of imide groups is 1. The molecule has 1 aromatic heterocycles. The lowest BCUT2D eigenvalue weighted by atomic mass is 10.1. The molecule has 4 amide bonds. The van der Waals surface area contributed by atoms with E-state index in [1.807, 2.05) is 30.3 Å². The van der Waals surface area contributed by atoms with Crippen LogP contribution in [0.1, 0.15) is 5.56 Å². The van der Waals surface area contributed by atoms with Crippen molar-refractivity contribution in [2.75, 3.05) is 20.1 Å². The van der Waals surface area contributed by atoms with Gasteiger partial charge in [0.1, 0.15) is 6.54 Å². The number of amides is 4. The van der Waals surface area contributed by atoms with Crippen LogP contribution in [0, 0.1) is 0 Å². The fourth-order valence-electron chi connectivity index (χ4n) is 2.52. The Morgan fingerprint density at radius 1 is 1.30 bits per heavy atom. The van der Waals surface area contributed by atoms with Gasteiger partial charge in [-0.05, 0) is 17.7 Å². The van der Waals surface area contributed by atoms with Gasteiger partial charge in [0, 0.05) is 25.2 Å². The molecule has 0 radical (unpaired) electrons. The fraction of sp³-hybridized carbons (Fsp3) is 0.250. The van der Waals surface area contributed by atoms with E-state index in [0.29, 0.717) is 6.54 Å². The lowest BCUT2D eigenvalue weighted by Crippen LogP contribution is -2.41. The standard InChI is InChI=1S/C16H16N4O3/c1-19(15(22)10-20-14(21)8-18-16(20)23)9-11-4-2-6-13-12(11)5-3-7-17-13/h2-7H,8-10H2,1H3,(H,18,23). The zero-order chi connectivity index (χ0) is 16.4. The predicted molar refractivity (Wildman–Crippen MR) is 83.3 cm³/mol. The van der Waals surface area contributed by atoms with Gasteiger partial charge in [-0.25, -0.2) is 4.79 Å². The van der Waals surface area contributed by atoms with Gasteiger partial charge in [-0.2, -0.15) is 0 Å². The van der Waals surface area contributed by atoms with Gasteiger partial charge in [0.05, 0.1) is 12.1 Å². The van der Waals surface area contributed by atoms with E-state index in [1.54, 1.807) is 13.2 Å². The summed E-state index contributed by atoms with van der Waals surface area (Å²) in [6, 6.07) is 9.01. The molecule has 1 fully saturated rings. The van der Waals surface area contributed by atoms with E-state index in [0.717, 1.165) is 21.4 Å². The maximum atomic E-state index is 12.3. The molecule has 1 saturated heterocycles. The van der Waals surface area contributed by atoms with Crippen LogP contribution < -0.4 is 5.32 Å². The smallest absolute Gasteiger partial charge is 0.325 e. The number of nitrogens with zero attached hydrogens (tertiary/aromatic N) is 3. The molecule has 23 heavy (non-hydrogen) atoms. The van der Waals surface area contributed by atoms with Gasteiger partial charge in [0.2, 0.25) is 5.91 Å². The van der Waals surface area contributed by atoms with E-state index in [2.05, 4.69) is 10.3 Å². The highest BCUT2D eigenvalue weighted by Crippen LogP contribution is 2.18. The van der Waals surface area contributed by atoms with Gasteiger partial charge in [0.15, 0.2) is 0 Å². The van der Waals surface area contributed by atoms with Crippen LogP contribution in [0.3, 0.4) is 0 Å². The van der Waals surface area contributed by atoms with Crippen molar-refractivity contribution in [1.29, 1.82) is 0 Å². The highest BCUT2D eigenvalue weighted by molar-refractivity contribution is 6.04. The van der Waals surface area contributed by atoms with Crippen LogP contribution in [0.2, 0.25) is 0 Å².